The molecule has 0 heterocycles. The number of rotatable bonds is 54. The van der Waals surface area contributed by atoms with E-state index in [-0.39, 0.29) is 31.1 Å². The molecule has 0 fully saturated rings. The lowest BCUT2D eigenvalue weighted by molar-refractivity contribution is -0.167. The van der Waals surface area contributed by atoms with Gasteiger partial charge in [0.05, 0.1) is 0 Å². The van der Waals surface area contributed by atoms with E-state index in [1.165, 1.54) is 180 Å². The lowest BCUT2D eigenvalue weighted by atomic mass is 10.1. The first-order valence-corrected chi connectivity index (χ1v) is 29.8. The van der Waals surface area contributed by atoms with Gasteiger partial charge in [-0.1, -0.05) is 236 Å². The quantitative estimate of drug-likeness (QED) is 0.0262. The minimum atomic E-state index is -0.782. The van der Waals surface area contributed by atoms with Crippen molar-refractivity contribution >= 4 is 17.9 Å². The minimum Gasteiger partial charge on any atom is -0.462 e. The number of hydrogen-bond donors (Lipinski definition) is 0. The molecule has 69 heavy (non-hydrogen) atoms. The Morgan fingerprint density at radius 1 is 0.290 bits per heavy atom. The second-order valence-corrected chi connectivity index (χ2v) is 19.9. The Balaban J connectivity index is 4.34. The van der Waals surface area contributed by atoms with E-state index in [9.17, 15) is 14.4 Å². The van der Waals surface area contributed by atoms with Crippen LogP contribution in [0.4, 0.5) is 0 Å². The van der Waals surface area contributed by atoms with Crippen LogP contribution < -0.4 is 0 Å². The highest BCUT2D eigenvalue weighted by Crippen LogP contribution is 2.16. The first kappa shape index (κ1) is 66.1. The average Bonchev–Trinajstić information content (AvgIpc) is 3.35. The monoisotopic (exact) mass is 965 g/mol. The van der Waals surface area contributed by atoms with Crippen LogP contribution in [-0.4, -0.2) is 37.2 Å². The number of carbonyl (C=O) groups excluding carboxylic acids is 3. The smallest absolute Gasteiger partial charge is 0.306 e. The van der Waals surface area contributed by atoms with E-state index in [2.05, 4.69) is 81.5 Å². The zero-order valence-corrected chi connectivity index (χ0v) is 45.8. The summed E-state index contributed by atoms with van der Waals surface area (Å²) < 4.78 is 16.9. The lowest BCUT2D eigenvalue weighted by Crippen LogP contribution is -2.30. The van der Waals surface area contributed by atoms with Gasteiger partial charge < -0.3 is 14.2 Å². The number of esters is 3. The van der Waals surface area contributed by atoms with Crippen molar-refractivity contribution in [1.29, 1.82) is 0 Å². The van der Waals surface area contributed by atoms with E-state index in [1.807, 2.05) is 0 Å². The Labute approximate surface area is 428 Å². The predicted molar refractivity (Wildman–Crippen MR) is 298 cm³/mol. The highest BCUT2D eigenvalue weighted by atomic mass is 16.6. The molecule has 0 spiro atoms. The molecular weight excluding hydrogens is 853 g/mol. The highest BCUT2D eigenvalue weighted by Gasteiger charge is 2.19. The largest absolute Gasteiger partial charge is 0.462 e. The molecule has 6 nitrogen and oxygen atoms in total. The summed E-state index contributed by atoms with van der Waals surface area (Å²) >= 11 is 0. The Kier molecular flexibility index (Phi) is 55.3. The fourth-order valence-corrected chi connectivity index (χ4v) is 8.44. The zero-order valence-electron chi connectivity index (χ0n) is 45.8. The Morgan fingerprint density at radius 3 is 0.841 bits per heavy atom. The van der Waals surface area contributed by atoms with Crippen molar-refractivity contribution in [3.05, 3.63) is 60.8 Å². The number of ether oxygens (including phenoxy) is 3. The van der Waals surface area contributed by atoms with Gasteiger partial charge in [-0.2, -0.15) is 0 Å². The Morgan fingerprint density at radius 2 is 0.522 bits per heavy atom. The molecule has 0 aromatic carbocycles. The van der Waals surface area contributed by atoms with Crippen molar-refractivity contribution in [2.75, 3.05) is 13.2 Å². The molecule has 0 bridgehead atoms. The van der Waals surface area contributed by atoms with Crippen molar-refractivity contribution in [1.82, 2.24) is 0 Å². The fraction of sp³-hybridized carbons (Fsp3) is 0.794. The summed E-state index contributed by atoms with van der Waals surface area (Å²) in [7, 11) is 0. The van der Waals surface area contributed by atoms with Gasteiger partial charge in [0.15, 0.2) is 6.10 Å². The predicted octanol–water partition coefficient (Wildman–Crippen LogP) is 20.0. The van der Waals surface area contributed by atoms with Crippen LogP contribution in [0.2, 0.25) is 0 Å². The van der Waals surface area contributed by atoms with Crippen molar-refractivity contribution in [2.45, 2.75) is 309 Å². The highest BCUT2D eigenvalue weighted by molar-refractivity contribution is 5.71. The summed E-state index contributed by atoms with van der Waals surface area (Å²) in [5.41, 5.74) is 0. The van der Waals surface area contributed by atoms with Gasteiger partial charge >= 0.3 is 17.9 Å². The van der Waals surface area contributed by atoms with E-state index >= 15 is 0 Å². The number of unbranched alkanes of at least 4 members (excludes halogenated alkanes) is 33. The van der Waals surface area contributed by atoms with Gasteiger partial charge in [0.1, 0.15) is 13.2 Å². The summed E-state index contributed by atoms with van der Waals surface area (Å²) in [5.74, 6) is -0.885. The summed E-state index contributed by atoms with van der Waals surface area (Å²) in [6.45, 7) is 6.59. The second-order valence-electron chi connectivity index (χ2n) is 19.9. The molecule has 0 radical (unpaired) electrons. The maximum atomic E-state index is 12.8. The van der Waals surface area contributed by atoms with Crippen molar-refractivity contribution in [3.8, 4) is 0 Å². The van der Waals surface area contributed by atoms with E-state index < -0.39 is 6.10 Å². The van der Waals surface area contributed by atoms with Crippen LogP contribution in [0.3, 0.4) is 0 Å². The lowest BCUT2D eigenvalue weighted by Gasteiger charge is -2.18. The van der Waals surface area contributed by atoms with Crippen molar-refractivity contribution in [3.63, 3.8) is 0 Å². The molecular formula is C63H112O6. The molecule has 400 valence electrons. The third kappa shape index (κ3) is 55.9. The molecule has 0 unspecified atom stereocenters. The summed E-state index contributed by atoms with van der Waals surface area (Å²) in [6.07, 6.45) is 72.1. The maximum Gasteiger partial charge on any atom is 0.306 e. The van der Waals surface area contributed by atoms with Crippen LogP contribution in [0.25, 0.3) is 0 Å². The van der Waals surface area contributed by atoms with Crippen LogP contribution in [0.15, 0.2) is 60.8 Å². The summed E-state index contributed by atoms with van der Waals surface area (Å²) in [5, 5.41) is 0. The molecule has 0 saturated heterocycles. The number of allylic oxidation sites excluding steroid dienone is 10. The van der Waals surface area contributed by atoms with E-state index in [0.29, 0.717) is 19.3 Å². The molecule has 0 atom stereocenters. The van der Waals surface area contributed by atoms with Gasteiger partial charge in [-0.25, -0.2) is 0 Å². The van der Waals surface area contributed by atoms with E-state index in [0.717, 1.165) is 83.5 Å². The molecule has 0 aromatic heterocycles. The van der Waals surface area contributed by atoms with E-state index in [1.54, 1.807) is 0 Å². The molecule has 0 amide bonds. The van der Waals surface area contributed by atoms with Gasteiger partial charge in [-0.3, -0.25) is 14.4 Å². The SMILES string of the molecule is CCCCC/C=C\C/C=C\CCCCCCCCCCCC(=O)OCC(COC(=O)CCCCCCCCCCC/C=C\C/C=C\CCCCC)OC(=O)CCCCCCC/C=C\CCCCCC. The molecule has 0 rings (SSSR count). The summed E-state index contributed by atoms with van der Waals surface area (Å²) in [6, 6.07) is 0. The van der Waals surface area contributed by atoms with Crippen LogP contribution in [-0.2, 0) is 28.6 Å². The average molecular weight is 966 g/mol. The van der Waals surface area contributed by atoms with Gasteiger partial charge in [0.25, 0.3) is 0 Å². The maximum absolute atomic E-state index is 12.8. The fourth-order valence-electron chi connectivity index (χ4n) is 8.44. The molecule has 0 saturated carbocycles. The van der Waals surface area contributed by atoms with Crippen molar-refractivity contribution in [2.24, 2.45) is 0 Å². The Hall–Kier alpha value is -2.89. The van der Waals surface area contributed by atoms with E-state index in [4.69, 9.17) is 14.2 Å². The molecule has 0 N–H and O–H groups in total. The first-order chi connectivity index (χ1) is 34.0. The number of carbonyl (C=O) groups is 3. The van der Waals surface area contributed by atoms with Crippen LogP contribution in [0.5, 0.6) is 0 Å². The third-order valence-corrected chi connectivity index (χ3v) is 13.0. The topological polar surface area (TPSA) is 78.9 Å². The van der Waals surface area contributed by atoms with Gasteiger partial charge in [-0.05, 0) is 109 Å². The molecule has 0 aliphatic carbocycles. The Bertz CT molecular complexity index is 1180. The standard InChI is InChI=1S/C63H112O6/c1-4-7-10-13-16-19-22-25-27-29-31-33-35-38-40-43-46-49-52-55-61(64)67-58-60(69-63(66)57-54-51-48-45-42-37-24-21-18-15-12-9-6-3)59-68-62(65)56-53-50-47-44-41-39-36-34-32-30-28-26-23-20-17-14-11-8-5-2/h16-17,19-21,24-28,60H,4-15,18,22-23,29-59H2,1-3H3/b19-16-,20-17-,24-21-,27-25-,28-26-. The van der Waals surface area contributed by atoms with Gasteiger partial charge in [0.2, 0.25) is 0 Å². The van der Waals surface area contributed by atoms with Crippen LogP contribution in [0, 0.1) is 0 Å². The van der Waals surface area contributed by atoms with Crippen LogP contribution in [0.1, 0.15) is 303 Å². The zero-order chi connectivity index (χ0) is 50.0. The molecule has 0 aromatic rings. The third-order valence-electron chi connectivity index (χ3n) is 13.0. The molecule has 0 aliphatic rings. The van der Waals surface area contributed by atoms with Crippen molar-refractivity contribution < 1.29 is 28.6 Å². The van der Waals surface area contributed by atoms with Gasteiger partial charge in [0, 0.05) is 19.3 Å². The normalized spacial score (nSPS) is 12.1. The summed E-state index contributed by atoms with van der Waals surface area (Å²) in [4.78, 5) is 38.2. The number of hydrogen-bond acceptors (Lipinski definition) is 6. The molecule has 6 heteroatoms. The van der Waals surface area contributed by atoms with Crippen LogP contribution >= 0.6 is 0 Å². The minimum absolute atomic E-state index is 0.0799. The molecule has 0 aliphatic heterocycles. The first-order valence-electron chi connectivity index (χ1n) is 29.8. The second kappa shape index (κ2) is 57.7. The van der Waals surface area contributed by atoms with Gasteiger partial charge in [-0.15, -0.1) is 0 Å².